The van der Waals surface area contributed by atoms with Gasteiger partial charge in [0.1, 0.15) is 6.04 Å². The summed E-state index contributed by atoms with van der Waals surface area (Å²) in [4.78, 5) is 8.00. The lowest BCUT2D eigenvalue weighted by molar-refractivity contribution is -0.677. The summed E-state index contributed by atoms with van der Waals surface area (Å²) in [6.45, 7) is 1.24. The number of hydrogen-bond donors (Lipinski definition) is 2. The minimum absolute atomic E-state index is 0.558. The van der Waals surface area contributed by atoms with Gasteiger partial charge in [0.2, 0.25) is 0 Å². The summed E-state index contributed by atoms with van der Waals surface area (Å²) in [5, 5.41) is 2.37. The van der Waals surface area contributed by atoms with E-state index in [4.69, 9.17) is 0 Å². The second-order valence-electron chi connectivity index (χ2n) is 3.91. The van der Waals surface area contributed by atoms with E-state index in [-0.39, 0.29) is 0 Å². The average Bonchev–Trinajstić information content (AvgIpc) is 2.86. The van der Waals surface area contributed by atoms with Gasteiger partial charge in [-0.1, -0.05) is 12.1 Å². The van der Waals surface area contributed by atoms with Crippen LogP contribution in [-0.2, 0) is 0 Å². The number of para-hydroxylation sites is 2. The molecule has 1 fully saturated rings. The van der Waals surface area contributed by atoms with Crippen molar-refractivity contribution < 1.29 is 5.32 Å². The van der Waals surface area contributed by atoms with Crippen LogP contribution in [0.1, 0.15) is 24.7 Å². The van der Waals surface area contributed by atoms with E-state index >= 15 is 0 Å². The zero-order valence-electron chi connectivity index (χ0n) is 8.03. The number of nitrogens with two attached hydrogens (primary N) is 1. The fourth-order valence-electron chi connectivity index (χ4n) is 2.17. The summed E-state index contributed by atoms with van der Waals surface area (Å²) in [6.07, 6.45) is 2.56. The molecule has 1 unspecified atom stereocenters. The molecule has 3 N–H and O–H groups in total. The van der Waals surface area contributed by atoms with Crippen molar-refractivity contribution in [3.05, 3.63) is 30.1 Å². The number of H-pyrrole nitrogens is 1. The maximum absolute atomic E-state index is 4.61. The summed E-state index contributed by atoms with van der Waals surface area (Å²) < 4.78 is 0. The molecule has 2 heterocycles. The predicted octanol–water partition coefficient (Wildman–Crippen LogP) is 0.961. The van der Waals surface area contributed by atoms with Crippen LogP contribution in [0.4, 0.5) is 0 Å². The molecule has 14 heavy (non-hydrogen) atoms. The highest BCUT2D eigenvalue weighted by Gasteiger charge is 2.23. The Morgan fingerprint density at radius 2 is 2.29 bits per heavy atom. The van der Waals surface area contributed by atoms with Crippen LogP contribution >= 0.6 is 0 Å². The van der Waals surface area contributed by atoms with Gasteiger partial charge in [-0.3, -0.25) is 0 Å². The van der Waals surface area contributed by atoms with Crippen LogP contribution in [0.25, 0.3) is 11.0 Å². The first-order chi connectivity index (χ1) is 6.93. The molecule has 3 nitrogen and oxygen atoms in total. The zero-order chi connectivity index (χ0) is 9.38. The molecule has 3 rings (SSSR count). The molecule has 0 amide bonds. The average molecular weight is 188 g/mol. The summed E-state index contributed by atoms with van der Waals surface area (Å²) in [7, 11) is 0. The number of benzene rings is 1. The first-order valence-corrected chi connectivity index (χ1v) is 5.21. The minimum Gasteiger partial charge on any atom is -0.338 e. The monoisotopic (exact) mass is 188 g/mol. The number of quaternary nitrogens is 1. The largest absolute Gasteiger partial charge is 0.338 e. The van der Waals surface area contributed by atoms with Crippen molar-refractivity contribution >= 4 is 11.0 Å². The fraction of sp³-hybridized carbons (Fsp3) is 0.364. The fourth-order valence-corrected chi connectivity index (χ4v) is 2.17. The van der Waals surface area contributed by atoms with Crippen molar-refractivity contribution in [2.24, 2.45) is 0 Å². The van der Waals surface area contributed by atoms with E-state index in [0.29, 0.717) is 6.04 Å². The molecule has 3 heteroatoms. The zero-order valence-corrected chi connectivity index (χ0v) is 8.03. The number of aromatic nitrogens is 2. The van der Waals surface area contributed by atoms with E-state index in [1.807, 2.05) is 12.1 Å². The van der Waals surface area contributed by atoms with Gasteiger partial charge in [-0.25, -0.2) is 4.98 Å². The van der Waals surface area contributed by atoms with Crippen molar-refractivity contribution in [2.75, 3.05) is 6.54 Å². The number of aromatic amines is 1. The maximum atomic E-state index is 4.61. The third kappa shape index (κ3) is 1.21. The van der Waals surface area contributed by atoms with Crippen molar-refractivity contribution in [3.63, 3.8) is 0 Å². The highest BCUT2D eigenvalue weighted by atomic mass is 15.0. The molecule has 1 aromatic carbocycles. The van der Waals surface area contributed by atoms with Crippen LogP contribution < -0.4 is 5.32 Å². The van der Waals surface area contributed by atoms with Crippen LogP contribution in [-0.4, -0.2) is 16.5 Å². The first-order valence-electron chi connectivity index (χ1n) is 5.21. The second-order valence-corrected chi connectivity index (χ2v) is 3.91. The van der Waals surface area contributed by atoms with Crippen molar-refractivity contribution in [1.82, 2.24) is 9.97 Å². The van der Waals surface area contributed by atoms with Crippen LogP contribution in [0.5, 0.6) is 0 Å². The van der Waals surface area contributed by atoms with E-state index in [1.165, 1.54) is 19.4 Å². The lowest BCUT2D eigenvalue weighted by atomic mass is 10.2. The van der Waals surface area contributed by atoms with Crippen LogP contribution in [0, 0.1) is 0 Å². The molecule has 1 saturated heterocycles. The van der Waals surface area contributed by atoms with Crippen LogP contribution in [0.3, 0.4) is 0 Å². The molecular weight excluding hydrogens is 174 g/mol. The van der Waals surface area contributed by atoms with Gasteiger partial charge in [-0.15, -0.1) is 0 Å². The summed E-state index contributed by atoms with van der Waals surface area (Å²) >= 11 is 0. The van der Waals surface area contributed by atoms with E-state index < -0.39 is 0 Å². The van der Waals surface area contributed by atoms with Gasteiger partial charge in [-0.2, -0.15) is 0 Å². The van der Waals surface area contributed by atoms with Crippen LogP contribution in [0.15, 0.2) is 24.3 Å². The van der Waals surface area contributed by atoms with Crippen molar-refractivity contribution in [2.45, 2.75) is 18.9 Å². The molecule has 72 valence electrons. The number of fused-ring (bicyclic) bond motifs is 1. The smallest absolute Gasteiger partial charge is 0.165 e. The molecule has 0 saturated carbocycles. The maximum Gasteiger partial charge on any atom is 0.165 e. The third-order valence-electron chi connectivity index (χ3n) is 2.93. The Hall–Kier alpha value is -1.35. The second kappa shape index (κ2) is 3.10. The van der Waals surface area contributed by atoms with Gasteiger partial charge >= 0.3 is 0 Å². The van der Waals surface area contributed by atoms with Crippen molar-refractivity contribution in [3.8, 4) is 0 Å². The third-order valence-corrected chi connectivity index (χ3v) is 2.93. The molecule has 0 radical (unpaired) electrons. The Bertz CT molecular complexity index is 407. The molecule has 1 aliphatic heterocycles. The topological polar surface area (TPSA) is 45.3 Å². The molecule has 0 spiro atoms. The van der Waals surface area contributed by atoms with Gasteiger partial charge in [0, 0.05) is 12.8 Å². The van der Waals surface area contributed by atoms with Gasteiger partial charge < -0.3 is 10.3 Å². The molecular formula is C11H14N3+. The summed E-state index contributed by atoms with van der Waals surface area (Å²) in [5.41, 5.74) is 2.24. The molecule has 1 atom stereocenters. The van der Waals surface area contributed by atoms with E-state index in [1.54, 1.807) is 0 Å². The quantitative estimate of drug-likeness (QED) is 0.688. The Balaban J connectivity index is 2.05. The molecule has 2 aromatic rings. The first kappa shape index (κ1) is 8.00. The highest BCUT2D eigenvalue weighted by molar-refractivity contribution is 5.74. The molecule has 0 aliphatic carbocycles. The van der Waals surface area contributed by atoms with Crippen molar-refractivity contribution in [1.29, 1.82) is 0 Å². The lowest BCUT2D eigenvalue weighted by Gasteiger charge is -2.00. The Labute approximate surface area is 82.5 Å². The normalized spacial score (nSPS) is 21.9. The van der Waals surface area contributed by atoms with Gasteiger partial charge in [0.05, 0.1) is 17.6 Å². The summed E-state index contributed by atoms with van der Waals surface area (Å²) in [6, 6.07) is 8.78. The van der Waals surface area contributed by atoms with E-state index in [0.717, 1.165) is 16.9 Å². The standard InChI is InChI=1S/C11H13N3/c1-2-5-9-8(4-1)13-11(14-9)10-6-3-7-12-10/h1-2,4-5,10,12H,3,6-7H2,(H,13,14)/p+1. The Morgan fingerprint density at radius 1 is 1.36 bits per heavy atom. The van der Waals surface area contributed by atoms with E-state index in [2.05, 4.69) is 27.4 Å². The number of nitrogens with one attached hydrogen (secondary N) is 1. The summed E-state index contributed by atoms with van der Waals surface area (Å²) in [5.74, 6) is 1.14. The number of nitrogens with zero attached hydrogens (tertiary/aromatic N) is 1. The highest BCUT2D eigenvalue weighted by Crippen LogP contribution is 2.18. The lowest BCUT2D eigenvalue weighted by Crippen LogP contribution is -2.82. The Kier molecular flexibility index (Phi) is 1.77. The molecule has 0 bridgehead atoms. The number of hydrogen-bond acceptors (Lipinski definition) is 1. The van der Waals surface area contributed by atoms with Crippen LogP contribution in [0.2, 0.25) is 0 Å². The minimum atomic E-state index is 0.558. The Morgan fingerprint density at radius 3 is 3.07 bits per heavy atom. The predicted molar refractivity (Wildman–Crippen MR) is 54.9 cm³/mol. The van der Waals surface area contributed by atoms with Gasteiger partial charge in [0.25, 0.3) is 0 Å². The molecule has 1 aliphatic rings. The van der Waals surface area contributed by atoms with E-state index in [9.17, 15) is 0 Å². The van der Waals surface area contributed by atoms with Gasteiger partial charge in [-0.05, 0) is 12.1 Å². The SMILES string of the molecule is c1ccc2[nH]c(C3CCC[NH2+]3)nc2c1. The number of imidazole rings is 1. The molecule has 1 aromatic heterocycles. The number of rotatable bonds is 1. The van der Waals surface area contributed by atoms with Gasteiger partial charge in [0.15, 0.2) is 5.82 Å².